The largest absolute Gasteiger partial charge is 0.508 e. The summed E-state index contributed by atoms with van der Waals surface area (Å²) in [7, 11) is 0. The molecular weight excluding hydrogens is 222 g/mol. The summed E-state index contributed by atoms with van der Waals surface area (Å²) in [6.07, 6.45) is 2.77. The summed E-state index contributed by atoms with van der Waals surface area (Å²) < 4.78 is 0. The number of nitrogens with zero attached hydrogens (tertiary/aromatic N) is 1. The van der Waals surface area contributed by atoms with Gasteiger partial charge in [-0.05, 0) is 30.0 Å². The molecule has 5 nitrogen and oxygen atoms in total. The summed E-state index contributed by atoms with van der Waals surface area (Å²) in [5.41, 5.74) is 0.482. The Morgan fingerprint density at radius 2 is 2.18 bits per heavy atom. The number of carbonyl (C=O) groups is 1. The lowest BCUT2D eigenvalue weighted by molar-refractivity contribution is -0.140. The topological polar surface area (TPSA) is 90.1 Å². The van der Waals surface area contributed by atoms with E-state index in [2.05, 4.69) is 5.16 Å². The molecule has 0 spiro atoms. The molecule has 3 N–H and O–H groups in total. The van der Waals surface area contributed by atoms with Gasteiger partial charge in [-0.15, -0.1) is 5.16 Å². The van der Waals surface area contributed by atoms with Gasteiger partial charge in [-0.3, -0.25) is 4.79 Å². The molecule has 0 radical (unpaired) electrons. The van der Waals surface area contributed by atoms with Crippen LogP contribution in [0, 0.1) is 0 Å². The van der Waals surface area contributed by atoms with Crippen molar-refractivity contribution < 1.29 is 20.2 Å². The van der Waals surface area contributed by atoms with E-state index in [9.17, 15) is 9.90 Å². The molecule has 0 unspecified atom stereocenters. The Morgan fingerprint density at radius 1 is 1.47 bits per heavy atom. The number of aliphatic carboxylic acids is 1. The average Bonchev–Trinajstić information content (AvgIpc) is 3.09. The van der Waals surface area contributed by atoms with Gasteiger partial charge in [0.15, 0.2) is 0 Å². The van der Waals surface area contributed by atoms with Crippen LogP contribution in [0.3, 0.4) is 0 Å². The number of oxime groups is 1. The van der Waals surface area contributed by atoms with Crippen molar-refractivity contribution in [3.05, 3.63) is 29.3 Å². The zero-order valence-corrected chi connectivity index (χ0v) is 9.13. The molecule has 1 aromatic rings. The highest BCUT2D eigenvalue weighted by Gasteiger charge is 2.51. The van der Waals surface area contributed by atoms with Crippen LogP contribution in [0.1, 0.15) is 24.0 Å². The molecular formula is C12H13NO4. The van der Waals surface area contributed by atoms with E-state index in [-0.39, 0.29) is 12.2 Å². The standard InChI is InChI=1S/C12H13NO4/c14-10-2-1-9(7-8(10)3-6-13-17)12(4-5-12)11(15)16/h1-2,6-7,14,17H,3-5H2,(H,15,16). The predicted octanol–water partition coefficient (Wildman–Crippen LogP) is 1.51. The van der Waals surface area contributed by atoms with Crippen molar-refractivity contribution in [1.29, 1.82) is 0 Å². The smallest absolute Gasteiger partial charge is 0.314 e. The Kier molecular flexibility index (Phi) is 2.75. The third-order valence-electron chi connectivity index (χ3n) is 3.18. The van der Waals surface area contributed by atoms with Crippen molar-refractivity contribution in [1.82, 2.24) is 0 Å². The number of hydrogen-bond acceptors (Lipinski definition) is 4. The number of carboxylic acids is 1. The highest BCUT2D eigenvalue weighted by atomic mass is 16.4. The van der Waals surface area contributed by atoms with Crippen LogP contribution >= 0.6 is 0 Å². The molecule has 17 heavy (non-hydrogen) atoms. The van der Waals surface area contributed by atoms with Crippen LogP contribution in [0.25, 0.3) is 0 Å². The number of aromatic hydroxyl groups is 1. The number of phenols is 1. The highest BCUT2D eigenvalue weighted by molar-refractivity contribution is 5.85. The van der Waals surface area contributed by atoms with Gasteiger partial charge >= 0.3 is 5.97 Å². The summed E-state index contributed by atoms with van der Waals surface area (Å²) in [6, 6.07) is 4.78. The van der Waals surface area contributed by atoms with Gasteiger partial charge < -0.3 is 15.4 Å². The third-order valence-corrected chi connectivity index (χ3v) is 3.18. The van der Waals surface area contributed by atoms with Crippen molar-refractivity contribution in [3.63, 3.8) is 0 Å². The minimum Gasteiger partial charge on any atom is -0.508 e. The van der Waals surface area contributed by atoms with Gasteiger partial charge in [0.25, 0.3) is 0 Å². The van der Waals surface area contributed by atoms with E-state index in [0.717, 1.165) is 0 Å². The maximum atomic E-state index is 11.2. The van der Waals surface area contributed by atoms with Gasteiger partial charge in [-0.2, -0.15) is 0 Å². The first-order chi connectivity index (χ1) is 8.10. The average molecular weight is 235 g/mol. The molecule has 1 saturated carbocycles. The van der Waals surface area contributed by atoms with E-state index in [1.54, 1.807) is 12.1 Å². The Bertz CT molecular complexity index is 477. The number of hydrogen-bond donors (Lipinski definition) is 3. The minimum absolute atomic E-state index is 0.0786. The molecule has 1 fully saturated rings. The Balaban J connectivity index is 2.34. The zero-order valence-electron chi connectivity index (χ0n) is 9.13. The molecule has 0 aromatic heterocycles. The van der Waals surface area contributed by atoms with Crippen molar-refractivity contribution in [2.24, 2.45) is 5.16 Å². The molecule has 0 heterocycles. The van der Waals surface area contributed by atoms with Crippen molar-refractivity contribution in [2.75, 3.05) is 0 Å². The fourth-order valence-electron chi connectivity index (χ4n) is 1.94. The van der Waals surface area contributed by atoms with Crippen molar-refractivity contribution in [3.8, 4) is 5.75 Å². The lowest BCUT2D eigenvalue weighted by Crippen LogP contribution is -2.19. The van der Waals surface area contributed by atoms with E-state index >= 15 is 0 Å². The summed E-state index contributed by atoms with van der Waals surface area (Å²) >= 11 is 0. The second kappa shape index (κ2) is 4.08. The SMILES string of the molecule is O=C(O)C1(c2ccc(O)c(CC=NO)c2)CC1. The molecule has 0 saturated heterocycles. The number of benzene rings is 1. The monoisotopic (exact) mass is 235 g/mol. The van der Waals surface area contributed by atoms with E-state index in [1.165, 1.54) is 12.3 Å². The van der Waals surface area contributed by atoms with Gasteiger partial charge in [-0.25, -0.2) is 0 Å². The Labute approximate surface area is 98.0 Å². The molecule has 0 atom stereocenters. The summed E-state index contributed by atoms with van der Waals surface area (Å²) in [6.45, 7) is 0. The quantitative estimate of drug-likeness (QED) is 0.419. The summed E-state index contributed by atoms with van der Waals surface area (Å²) in [5.74, 6) is -0.750. The highest BCUT2D eigenvalue weighted by Crippen LogP contribution is 2.49. The van der Waals surface area contributed by atoms with Crippen LogP contribution in [0.2, 0.25) is 0 Å². The fraction of sp³-hybridized carbons (Fsp3) is 0.333. The number of phenolic OH excluding ortho intramolecular Hbond substituents is 1. The fourth-order valence-corrected chi connectivity index (χ4v) is 1.94. The van der Waals surface area contributed by atoms with Gasteiger partial charge in [-0.1, -0.05) is 12.1 Å². The van der Waals surface area contributed by atoms with E-state index in [0.29, 0.717) is 24.0 Å². The number of rotatable bonds is 4. The van der Waals surface area contributed by atoms with Gasteiger partial charge in [0.2, 0.25) is 0 Å². The van der Waals surface area contributed by atoms with E-state index in [4.69, 9.17) is 10.3 Å². The van der Waals surface area contributed by atoms with Crippen LogP contribution in [0.5, 0.6) is 5.75 Å². The van der Waals surface area contributed by atoms with Crippen LogP contribution in [-0.4, -0.2) is 27.6 Å². The van der Waals surface area contributed by atoms with Gasteiger partial charge in [0.05, 0.1) is 5.41 Å². The van der Waals surface area contributed by atoms with Crippen LogP contribution in [0.4, 0.5) is 0 Å². The summed E-state index contributed by atoms with van der Waals surface area (Å²) in [4.78, 5) is 11.2. The van der Waals surface area contributed by atoms with E-state index < -0.39 is 11.4 Å². The molecule has 1 aliphatic rings. The first-order valence-corrected chi connectivity index (χ1v) is 5.32. The molecule has 90 valence electrons. The van der Waals surface area contributed by atoms with Gasteiger partial charge in [0, 0.05) is 12.6 Å². The molecule has 0 bridgehead atoms. The van der Waals surface area contributed by atoms with Crippen LogP contribution in [0.15, 0.2) is 23.4 Å². The number of carboxylic acid groups (broad SMARTS) is 1. The van der Waals surface area contributed by atoms with Crippen LogP contribution < -0.4 is 0 Å². The lowest BCUT2D eigenvalue weighted by Gasteiger charge is -2.12. The second-order valence-electron chi connectivity index (χ2n) is 4.23. The lowest BCUT2D eigenvalue weighted by atomic mass is 9.93. The zero-order chi connectivity index (χ0) is 12.5. The molecule has 1 aromatic carbocycles. The van der Waals surface area contributed by atoms with E-state index in [1.807, 2.05) is 0 Å². The van der Waals surface area contributed by atoms with Gasteiger partial charge in [0.1, 0.15) is 5.75 Å². The molecule has 0 amide bonds. The van der Waals surface area contributed by atoms with Crippen molar-refractivity contribution in [2.45, 2.75) is 24.7 Å². The van der Waals surface area contributed by atoms with Crippen molar-refractivity contribution >= 4 is 12.2 Å². The maximum Gasteiger partial charge on any atom is 0.314 e. The Hall–Kier alpha value is -2.04. The Morgan fingerprint density at radius 3 is 2.71 bits per heavy atom. The van der Waals surface area contributed by atoms with Crippen LogP contribution in [-0.2, 0) is 16.6 Å². The predicted molar refractivity (Wildman–Crippen MR) is 60.6 cm³/mol. The first kappa shape index (κ1) is 11.4. The second-order valence-corrected chi connectivity index (χ2v) is 4.23. The third kappa shape index (κ3) is 1.95. The minimum atomic E-state index is -0.829. The molecule has 0 aliphatic heterocycles. The maximum absolute atomic E-state index is 11.2. The molecule has 1 aliphatic carbocycles. The summed E-state index contributed by atoms with van der Waals surface area (Å²) in [5, 5.41) is 30.0. The molecule has 5 heteroatoms. The molecule has 2 rings (SSSR count). The normalized spacial score (nSPS) is 17.2. The first-order valence-electron chi connectivity index (χ1n) is 5.32.